The number of hydrogen-bond acceptors (Lipinski definition) is 3. The number of ether oxygens (including phenoxy) is 1. The van der Waals surface area contributed by atoms with Gasteiger partial charge in [0.2, 0.25) is 0 Å². The van der Waals surface area contributed by atoms with E-state index in [0.717, 1.165) is 26.3 Å². The van der Waals surface area contributed by atoms with Crippen LogP contribution in [0, 0.1) is 19.3 Å². The maximum Gasteiger partial charge on any atom is 0.0569 e. The second-order valence-corrected chi connectivity index (χ2v) is 5.23. The van der Waals surface area contributed by atoms with Gasteiger partial charge in [-0.05, 0) is 25.0 Å². The van der Waals surface area contributed by atoms with Crippen LogP contribution in [0.2, 0.25) is 0 Å². The first-order chi connectivity index (χ1) is 8.15. The van der Waals surface area contributed by atoms with E-state index < -0.39 is 0 Å². The van der Waals surface area contributed by atoms with Crippen molar-refractivity contribution in [1.82, 2.24) is 5.32 Å². The van der Waals surface area contributed by atoms with E-state index in [9.17, 15) is 0 Å². The molecular weight excluding hydrogens is 212 g/mol. The highest BCUT2D eigenvalue weighted by Crippen LogP contribution is 2.25. The van der Waals surface area contributed by atoms with Crippen LogP contribution < -0.4 is 11.1 Å². The molecule has 1 aliphatic heterocycles. The molecule has 0 aromatic heterocycles. The summed E-state index contributed by atoms with van der Waals surface area (Å²) in [6, 6.07) is 6.58. The zero-order valence-corrected chi connectivity index (χ0v) is 10.8. The van der Waals surface area contributed by atoms with E-state index in [1.807, 2.05) is 0 Å². The molecule has 17 heavy (non-hydrogen) atoms. The van der Waals surface area contributed by atoms with E-state index in [-0.39, 0.29) is 5.41 Å². The lowest BCUT2D eigenvalue weighted by Crippen LogP contribution is -2.54. The molecule has 1 aromatic rings. The monoisotopic (exact) mass is 234 g/mol. The van der Waals surface area contributed by atoms with E-state index in [0.29, 0.717) is 6.54 Å². The van der Waals surface area contributed by atoms with Gasteiger partial charge in [0, 0.05) is 25.0 Å². The number of hydrogen-bond donors (Lipinski definition) is 2. The molecule has 2 rings (SSSR count). The maximum absolute atomic E-state index is 5.78. The Morgan fingerprint density at radius 2 is 2.12 bits per heavy atom. The van der Waals surface area contributed by atoms with Crippen LogP contribution >= 0.6 is 0 Å². The van der Waals surface area contributed by atoms with Crippen LogP contribution in [0.4, 0.5) is 0 Å². The highest BCUT2D eigenvalue weighted by Gasteiger charge is 2.36. The fourth-order valence-electron chi connectivity index (χ4n) is 2.14. The maximum atomic E-state index is 5.78. The first kappa shape index (κ1) is 12.6. The van der Waals surface area contributed by atoms with Crippen molar-refractivity contribution in [3.8, 4) is 0 Å². The summed E-state index contributed by atoms with van der Waals surface area (Å²) in [6.07, 6.45) is 0. The van der Waals surface area contributed by atoms with Crippen molar-refractivity contribution in [2.45, 2.75) is 20.4 Å². The predicted molar refractivity (Wildman–Crippen MR) is 69.9 cm³/mol. The fraction of sp³-hybridized carbons (Fsp3) is 0.571. The van der Waals surface area contributed by atoms with Gasteiger partial charge in [-0.15, -0.1) is 0 Å². The highest BCUT2D eigenvalue weighted by molar-refractivity contribution is 5.30. The third kappa shape index (κ3) is 2.86. The molecule has 0 amide bonds. The quantitative estimate of drug-likeness (QED) is 0.809. The molecule has 0 aliphatic carbocycles. The molecule has 1 aromatic carbocycles. The molecule has 94 valence electrons. The van der Waals surface area contributed by atoms with Gasteiger partial charge < -0.3 is 15.8 Å². The number of nitrogens with two attached hydrogens (primary N) is 1. The largest absolute Gasteiger partial charge is 0.380 e. The summed E-state index contributed by atoms with van der Waals surface area (Å²) < 4.78 is 5.25. The zero-order chi connectivity index (χ0) is 12.3. The van der Waals surface area contributed by atoms with E-state index in [2.05, 4.69) is 37.4 Å². The lowest BCUT2D eigenvalue weighted by atomic mass is 9.86. The first-order valence-electron chi connectivity index (χ1n) is 6.20. The van der Waals surface area contributed by atoms with E-state index in [4.69, 9.17) is 10.5 Å². The van der Waals surface area contributed by atoms with Crippen molar-refractivity contribution in [3.63, 3.8) is 0 Å². The van der Waals surface area contributed by atoms with Crippen molar-refractivity contribution < 1.29 is 4.74 Å². The minimum Gasteiger partial charge on any atom is -0.380 e. The average Bonchev–Trinajstić information content (AvgIpc) is 2.27. The Labute approximate surface area is 103 Å². The van der Waals surface area contributed by atoms with Crippen molar-refractivity contribution in [3.05, 3.63) is 34.9 Å². The van der Waals surface area contributed by atoms with Gasteiger partial charge in [0.1, 0.15) is 0 Å². The molecule has 1 saturated heterocycles. The van der Waals surface area contributed by atoms with Gasteiger partial charge in [0.25, 0.3) is 0 Å². The summed E-state index contributed by atoms with van der Waals surface area (Å²) in [5, 5.41) is 3.50. The van der Waals surface area contributed by atoms with Crippen molar-refractivity contribution in [2.24, 2.45) is 11.1 Å². The molecule has 3 N–H and O–H groups in total. The van der Waals surface area contributed by atoms with Gasteiger partial charge in [-0.25, -0.2) is 0 Å². The molecule has 1 heterocycles. The van der Waals surface area contributed by atoms with Gasteiger partial charge in [-0.3, -0.25) is 0 Å². The number of nitrogens with one attached hydrogen (secondary N) is 1. The molecule has 0 radical (unpaired) electrons. The van der Waals surface area contributed by atoms with E-state index in [1.54, 1.807) is 0 Å². The van der Waals surface area contributed by atoms with Gasteiger partial charge in [0.15, 0.2) is 0 Å². The molecule has 0 atom stereocenters. The summed E-state index contributed by atoms with van der Waals surface area (Å²) in [6.45, 7) is 8.43. The Morgan fingerprint density at radius 3 is 2.71 bits per heavy atom. The molecule has 0 spiro atoms. The topological polar surface area (TPSA) is 47.3 Å². The molecule has 0 bridgehead atoms. The summed E-state index contributed by atoms with van der Waals surface area (Å²) in [5.41, 5.74) is 9.99. The van der Waals surface area contributed by atoms with Crippen LogP contribution in [0.1, 0.15) is 16.7 Å². The minimum absolute atomic E-state index is 0.178. The van der Waals surface area contributed by atoms with Crippen LogP contribution in [-0.4, -0.2) is 26.3 Å². The minimum atomic E-state index is 0.178. The zero-order valence-electron chi connectivity index (χ0n) is 10.8. The second-order valence-electron chi connectivity index (χ2n) is 5.23. The lowest BCUT2D eigenvalue weighted by molar-refractivity contribution is -0.105. The lowest BCUT2D eigenvalue weighted by Gasteiger charge is -2.40. The highest BCUT2D eigenvalue weighted by atomic mass is 16.5. The van der Waals surface area contributed by atoms with Gasteiger partial charge in [-0.2, -0.15) is 0 Å². The Balaban J connectivity index is 1.87. The van der Waals surface area contributed by atoms with E-state index in [1.165, 1.54) is 16.7 Å². The Hall–Kier alpha value is -0.900. The molecule has 1 aliphatic rings. The average molecular weight is 234 g/mol. The van der Waals surface area contributed by atoms with Crippen LogP contribution in [-0.2, 0) is 11.3 Å². The van der Waals surface area contributed by atoms with Crippen molar-refractivity contribution in [1.29, 1.82) is 0 Å². The van der Waals surface area contributed by atoms with Crippen LogP contribution in [0.25, 0.3) is 0 Å². The first-order valence-corrected chi connectivity index (χ1v) is 6.20. The molecule has 3 nitrogen and oxygen atoms in total. The molecule has 0 saturated carbocycles. The standard InChI is InChI=1S/C14H22N2O/c1-11-3-4-12(2)13(5-11)6-16-8-14(7-15)9-17-10-14/h3-5,16H,6-10,15H2,1-2H3. The molecule has 3 heteroatoms. The smallest absolute Gasteiger partial charge is 0.0569 e. The number of aryl methyl sites for hydroxylation is 2. The molecular formula is C14H22N2O. The summed E-state index contributed by atoms with van der Waals surface area (Å²) >= 11 is 0. The number of benzene rings is 1. The Morgan fingerprint density at radius 1 is 1.35 bits per heavy atom. The number of rotatable bonds is 5. The van der Waals surface area contributed by atoms with E-state index >= 15 is 0 Å². The van der Waals surface area contributed by atoms with Gasteiger partial charge in [-0.1, -0.05) is 23.8 Å². The van der Waals surface area contributed by atoms with Gasteiger partial charge in [0.05, 0.1) is 13.2 Å². The summed E-state index contributed by atoms with van der Waals surface area (Å²) in [4.78, 5) is 0. The molecule has 1 fully saturated rings. The van der Waals surface area contributed by atoms with Crippen LogP contribution in [0.15, 0.2) is 18.2 Å². The van der Waals surface area contributed by atoms with Crippen molar-refractivity contribution in [2.75, 3.05) is 26.3 Å². The van der Waals surface area contributed by atoms with Gasteiger partial charge >= 0.3 is 0 Å². The third-order valence-electron chi connectivity index (χ3n) is 3.57. The Kier molecular flexibility index (Phi) is 3.82. The van der Waals surface area contributed by atoms with Crippen LogP contribution in [0.5, 0.6) is 0 Å². The SMILES string of the molecule is Cc1ccc(C)c(CNCC2(CN)COC2)c1. The normalized spacial score (nSPS) is 17.8. The fourth-order valence-corrected chi connectivity index (χ4v) is 2.14. The third-order valence-corrected chi connectivity index (χ3v) is 3.57. The second kappa shape index (κ2) is 5.17. The Bertz CT molecular complexity index is 380. The van der Waals surface area contributed by atoms with Crippen LogP contribution in [0.3, 0.4) is 0 Å². The summed E-state index contributed by atoms with van der Waals surface area (Å²) in [7, 11) is 0. The predicted octanol–water partition coefficient (Wildman–Crippen LogP) is 1.37. The molecule has 0 unspecified atom stereocenters. The van der Waals surface area contributed by atoms with Crippen molar-refractivity contribution >= 4 is 0 Å². The summed E-state index contributed by atoms with van der Waals surface area (Å²) in [5.74, 6) is 0.